The van der Waals surface area contributed by atoms with Gasteiger partial charge in [0.25, 0.3) is 0 Å². The van der Waals surface area contributed by atoms with Crippen molar-refractivity contribution in [2.45, 2.75) is 6.92 Å². The quantitative estimate of drug-likeness (QED) is 0.510. The van der Waals surface area contributed by atoms with Crippen molar-refractivity contribution in [3.63, 3.8) is 0 Å². The maximum atomic E-state index is 13.1. The molecule has 0 aliphatic rings. The highest BCUT2D eigenvalue weighted by atomic mass is 35.5. The van der Waals surface area contributed by atoms with Gasteiger partial charge in [0.15, 0.2) is 6.29 Å². The molecule has 1 aromatic rings. The van der Waals surface area contributed by atoms with Gasteiger partial charge in [0.2, 0.25) is 0 Å². The van der Waals surface area contributed by atoms with Crippen LogP contribution in [0.2, 0.25) is 10.0 Å². The molecule has 0 saturated heterocycles. The normalized spacial score (nSPS) is 10.0. The van der Waals surface area contributed by atoms with Gasteiger partial charge in [-0.2, -0.15) is 0 Å². The van der Waals surface area contributed by atoms with Crippen molar-refractivity contribution >= 4 is 29.5 Å². The Labute approximate surface area is 79.1 Å². The van der Waals surface area contributed by atoms with Gasteiger partial charge in [0.05, 0.1) is 15.6 Å². The molecular weight excluding hydrogens is 202 g/mol. The first-order chi connectivity index (χ1) is 5.57. The number of hydrogen-bond donors (Lipinski definition) is 0. The van der Waals surface area contributed by atoms with Crippen LogP contribution in [0, 0.1) is 12.7 Å². The minimum Gasteiger partial charge on any atom is -0.298 e. The van der Waals surface area contributed by atoms with Crippen molar-refractivity contribution in [1.82, 2.24) is 0 Å². The van der Waals surface area contributed by atoms with Crippen molar-refractivity contribution in [3.8, 4) is 0 Å². The molecule has 0 aliphatic carbocycles. The van der Waals surface area contributed by atoms with Crippen LogP contribution in [0.15, 0.2) is 6.07 Å². The third-order valence-corrected chi connectivity index (χ3v) is 2.41. The molecule has 1 nitrogen and oxygen atoms in total. The van der Waals surface area contributed by atoms with Gasteiger partial charge in [0, 0.05) is 5.56 Å². The van der Waals surface area contributed by atoms with Crippen molar-refractivity contribution in [2.24, 2.45) is 0 Å². The Bertz CT molecular complexity index is 336. The van der Waals surface area contributed by atoms with Crippen molar-refractivity contribution in [1.29, 1.82) is 0 Å². The molecule has 0 aliphatic heterocycles. The maximum Gasteiger partial charge on any atom is 0.153 e. The summed E-state index contributed by atoms with van der Waals surface area (Å²) >= 11 is 11.2. The van der Waals surface area contributed by atoms with E-state index in [1.807, 2.05) is 0 Å². The lowest BCUT2D eigenvalue weighted by molar-refractivity contribution is 0.111. The summed E-state index contributed by atoms with van der Waals surface area (Å²) in [5.41, 5.74) is 0.133. The summed E-state index contributed by atoms with van der Waals surface area (Å²) in [4.78, 5) is 10.3. The number of aldehydes is 1. The Hall–Kier alpha value is -0.600. The van der Waals surface area contributed by atoms with Crippen LogP contribution in [-0.4, -0.2) is 6.29 Å². The Morgan fingerprint density at radius 2 is 2.08 bits per heavy atom. The van der Waals surface area contributed by atoms with Gasteiger partial charge in [-0.25, -0.2) is 4.39 Å². The second-order valence-electron chi connectivity index (χ2n) is 2.32. The van der Waals surface area contributed by atoms with E-state index in [9.17, 15) is 9.18 Å². The highest BCUT2D eigenvalue weighted by Gasteiger charge is 2.11. The number of hydrogen-bond acceptors (Lipinski definition) is 1. The molecule has 0 fully saturated rings. The molecule has 1 rings (SSSR count). The number of halogens is 3. The average molecular weight is 207 g/mol. The van der Waals surface area contributed by atoms with Crippen LogP contribution in [0.1, 0.15) is 15.9 Å². The molecule has 64 valence electrons. The van der Waals surface area contributed by atoms with Crippen LogP contribution in [0.5, 0.6) is 0 Å². The van der Waals surface area contributed by atoms with Crippen LogP contribution in [0.4, 0.5) is 4.39 Å². The smallest absolute Gasteiger partial charge is 0.153 e. The maximum absolute atomic E-state index is 13.1. The molecule has 0 radical (unpaired) electrons. The van der Waals surface area contributed by atoms with E-state index < -0.39 is 5.82 Å². The minimum atomic E-state index is -0.612. The number of carbonyl (C=O) groups is 1. The van der Waals surface area contributed by atoms with E-state index >= 15 is 0 Å². The number of benzene rings is 1. The fraction of sp³-hybridized carbons (Fsp3) is 0.125. The SMILES string of the molecule is Cc1c(F)c(C=O)cc(Cl)c1Cl. The third-order valence-electron chi connectivity index (χ3n) is 1.53. The van der Waals surface area contributed by atoms with Crippen molar-refractivity contribution in [2.75, 3.05) is 0 Å². The van der Waals surface area contributed by atoms with Crippen LogP contribution in [0.25, 0.3) is 0 Å². The molecule has 0 saturated carbocycles. The molecule has 0 amide bonds. The number of carbonyl (C=O) groups excluding carboxylic acids is 1. The van der Waals surface area contributed by atoms with Crippen LogP contribution >= 0.6 is 23.2 Å². The topological polar surface area (TPSA) is 17.1 Å². The summed E-state index contributed by atoms with van der Waals surface area (Å²) < 4.78 is 13.1. The third kappa shape index (κ3) is 1.45. The number of rotatable bonds is 1. The summed E-state index contributed by atoms with van der Waals surface area (Å²) in [5, 5.41) is 0.345. The molecule has 0 atom stereocenters. The molecule has 0 N–H and O–H groups in total. The van der Waals surface area contributed by atoms with Gasteiger partial charge in [-0.1, -0.05) is 23.2 Å². The first-order valence-electron chi connectivity index (χ1n) is 3.17. The Morgan fingerprint density at radius 3 is 2.58 bits per heavy atom. The van der Waals surface area contributed by atoms with Crippen molar-refractivity contribution in [3.05, 3.63) is 33.1 Å². The molecule has 0 spiro atoms. The van der Waals surface area contributed by atoms with E-state index in [0.717, 1.165) is 0 Å². The molecular formula is C8H5Cl2FO. The summed E-state index contributed by atoms with van der Waals surface area (Å²) in [6.45, 7) is 1.47. The monoisotopic (exact) mass is 206 g/mol. The van der Waals surface area contributed by atoms with E-state index in [2.05, 4.69) is 0 Å². The van der Waals surface area contributed by atoms with Gasteiger partial charge in [-0.15, -0.1) is 0 Å². The lowest BCUT2D eigenvalue weighted by Gasteiger charge is -2.03. The molecule has 0 aromatic heterocycles. The fourth-order valence-corrected chi connectivity index (χ4v) is 1.24. The summed E-state index contributed by atoms with van der Waals surface area (Å²) in [6.07, 6.45) is 0.407. The Balaban J connectivity index is 3.49. The average Bonchev–Trinajstić information content (AvgIpc) is 2.08. The second-order valence-corrected chi connectivity index (χ2v) is 3.10. The van der Waals surface area contributed by atoms with Gasteiger partial charge in [0.1, 0.15) is 5.82 Å². The minimum absolute atomic E-state index is 0.0677. The first kappa shape index (κ1) is 9.49. The second kappa shape index (κ2) is 3.42. The van der Waals surface area contributed by atoms with E-state index in [4.69, 9.17) is 23.2 Å². The zero-order valence-corrected chi connectivity index (χ0v) is 7.71. The predicted molar refractivity (Wildman–Crippen MR) is 46.5 cm³/mol. The predicted octanol–water partition coefficient (Wildman–Crippen LogP) is 3.25. The van der Waals surface area contributed by atoms with Crippen LogP contribution in [-0.2, 0) is 0 Å². The molecule has 0 unspecified atom stereocenters. The van der Waals surface area contributed by atoms with E-state index in [1.54, 1.807) is 0 Å². The zero-order chi connectivity index (χ0) is 9.30. The summed E-state index contributed by atoms with van der Waals surface area (Å²) in [7, 11) is 0. The van der Waals surface area contributed by atoms with Gasteiger partial charge in [-0.3, -0.25) is 4.79 Å². The Kier molecular flexibility index (Phi) is 2.70. The van der Waals surface area contributed by atoms with Crippen LogP contribution in [0.3, 0.4) is 0 Å². The molecule has 4 heteroatoms. The van der Waals surface area contributed by atoms with Gasteiger partial charge < -0.3 is 0 Å². The Morgan fingerprint density at radius 1 is 1.50 bits per heavy atom. The van der Waals surface area contributed by atoms with Crippen LogP contribution < -0.4 is 0 Å². The lowest BCUT2D eigenvalue weighted by Crippen LogP contribution is -1.93. The highest BCUT2D eigenvalue weighted by molar-refractivity contribution is 6.42. The first-order valence-corrected chi connectivity index (χ1v) is 3.92. The lowest BCUT2D eigenvalue weighted by atomic mass is 10.1. The molecule has 12 heavy (non-hydrogen) atoms. The highest BCUT2D eigenvalue weighted by Crippen LogP contribution is 2.28. The molecule has 0 bridgehead atoms. The summed E-state index contributed by atoms with van der Waals surface area (Å²) in [5.74, 6) is -0.612. The van der Waals surface area contributed by atoms with Crippen molar-refractivity contribution < 1.29 is 9.18 Å². The van der Waals surface area contributed by atoms with E-state index in [1.165, 1.54) is 13.0 Å². The fourth-order valence-electron chi connectivity index (χ4n) is 0.841. The van der Waals surface area contributed by atoms with Gasteiger partial charge in [-0.05, 0) is 13.0 Å². The standard InChI is InChI=1S/C8H5Cl2FO/c1-4-7(10)6(9)2-5(3-12)8(4)11/h2-3H,1H3. The van der Waals surface area contributed by atoms with Gasteiger partial charge >= 0.3 is 0 Å². The van der Waals surface area contributed by atoms with E-state index in [-0.39, 0.29) is 21.2 Å². The molecule has 1 aromatic carbocycles. The largest absolute Gasteiger partial charge is 0.298 e. The summed E-state index contributed by atoms with van der Waals surface area (Å²) in [6, 6.07) is 1.21. The van der Waals surface area contributed by atoms with E-state index in [0.29, 0.717) is 6.29 Å². The molecule has 0 heterocycles. The zero-order valence-electron chi connectivity index (χ0n) is 6.20.